The third-order valence-electron chi connectivity index (χ3n) is 6.51. The second-order valence-electron chi connectivity index (χ2n) is 8.72. The molecule has 2 aliphatic rings. The van der Waals surface area contributed by atoms with E-state index in [9.17, 15) is 24.5 Å². The van der Waals surface area contributed by atoms with Gasteiger partial charge in [0, 0.05) is 12.1 Å². The Balaban J connectivity index is 1.44. The summed E-state index contributed by atoms with van der Waals surface area (Å²) in [7, 11) is 0. The Bertz CT molecular complexity index is 1360. The lowest BCUT2D eigenvalue weighted by molar-refractivity contribution is -0.384. The van der Waals surface area contributed by atoms with Crippen LogP contribution >= 0.6 is 0 Å². The predicted octanol–water partition coefficient (Wildman–Crippen LogP) is 3.53. The minimum Gasteiger partial charge on any atom is -0.489 e. The van der Waals surface area contributed by atoms with Crippen LogP contribution in [-0.2, 0) is 15.1 Å². The van der Waals surface area contributed by atoms with Gasteiger partial charge < -0.3 is 10.1 Å². The van der Waals surface area contributed by atoms with E-state index in [1.165, 1.54) is 31.2 Å². The molecule has 182 valence electrons. The van der Waals surface area contributed by atoms with Gasteiger partial charge in [0.25, 0.3) is 11.6 Å². The van der Waals surface area contributed by atoms with Crippen LogP contribution in [0, 0.1) is 10.1 Å². The summed E-state index contributed by atoms with van der Waals surface area (Å²) in [6.07, 6.45) is 0. The van der Waals surface area contributed by atoms with Crippen LogP contribution in [0.25, 0.3) is 0 Å². The average molecular weight is 486 g/mol. The molecule has 10 nitrogen and oxygen atoms in total. The molecule has 3 aromatic carbocycles. The topological polar surface area (TPSA) is 122 Å². The molecule has 0 saturated carbocycles. The molecule has 2 heterocycles. The van der Waals surface area contributed by atoms with Crippen LogP contribution in [0.1, 0.15) is 24.1 Å². The van der Waals surface area contributed by atoms with E-state index in [4.69, 9.17) is 4.74 Å². The monoisotopic (exact) mass is 486 g/mol. The van der Waals surface area contributed by atoms with Crippen molar-refractivity contribution in [1.82, 2.24) is 10.2 Å². The number of carbonyl (C=O) groups excluding carboxylic acids is 3. The molecule has 36 heavy (non-hydrogen) atoms. The first-order valence-corrected chi connectivity index (χ1v) is 11.3. The number of non-ortho nitro benzene ring substituents is 1. The first-order valence-electron chi connectivity index (χ1n) is 11.3. The molecule has 2 aliphatic heterocycles. The minimum absolute atomic E-state index is 0.135. The highest BCUT2D eigenvalue weighted by Gasteiger charge is 2.50. The molecule has 0 spiro atoms. The molecule has 4 amide bonds. The number of ether oxygens (including phenoxy) is 1. The Morgan fingerprint density at radius 1 is 1.06 bits per heavy atom. The van der Waals surface area contributed by atoms with Crippen molar-refractivity contribution in [1.29, 1.82) is 0 Å². The van der Waals surface area contributed by atoms with Crippen molar-refractivity contribution in [3.8, 4) is 5.75 Å². The summed E-state index contributed by atoms with van der Waals surface area (Å²) in [6, 6.07) is 20.7. The standard InChI is InChI=1S/C26H22N4O6/c1-26(18-11-13-19(14-12-18)30(34)35)24(32)28(25(33)27-26)15-23(31)29-20-9-5-6-10-22(20)36-16-21(29)17-7-3-2-4-8-17/h2-14,21H,15-16H2,1H3,(H,27,33). The van der Waals surface area contributed by atoms with Gasteiger partial charge in [-0.3, -0.25) is 29.5 Å². The minimum atomic E-state index is -1.46. The number of para-hydroxylation sites is 2. The normalized spacial score (nSPS) is 21.0. The fourth-order valence-electron chi connectivity index (χ4n) is 4.58. The zero-order chi connectivity index (χ0) is 25.4. The number of anilines is 1. The molecule has 3 aromatic rings. The second kappa shape index (κ2) is 8.81. The van der Waals surface area contributed by atoms with Crippen molar-refractivity contribution in [2.45, 2.75) is 18.5 Å². The van der Waals surface area contributed by atoms with E-state index in [0.717, 1.165) is 10.5 Å². The zero-order valence-electron chi connectivity index (χ0n) is 19.3. The van der Waals surface area contributed by atoms with E-state index in [2.05, 4.69) is 5.32 Å². The van der Waals surface area contributed by atoms with Gasteiger partial charge in [0.15, 0.2) is 0 Å². The maximum Gasteiger partial charge on any atom is 0.325 e. The number of benzene rings is 3. The molecular weight excluding hydrogens is 464 g/mol. The summed E-state index contributed by atoms with van der Waals surface area (Å²) >= 11 is 0. The predicted molar refractivity (Wildman–Crippen MR) is 129 cm³/mol. The van der Waals surface area contributed by atoms with Gasteiger partial charge in [0.1, 0.15) is 24.4 Å². The first kappa shape index (κ1) is 23.0. The van der Waals surface area contributed by atoms with Crippen LogP contribution in [0.3, 0.4) is 0 Å². The lowest BCUT2D eigenvalue weighted by atomic mass is 9.92. The second-order valence-corrected chi connectivity index (χ2v) is 8.72. The number of hydrogen-bond donors (Lipinski definition) is 1. The van der Waals surface area contributed by atoms with Gasteiger partial charge in [0.2, 0.25) is 5.91 Å². The van der Waals surface area contributed by atoms with Crippen LogP contribution in [0.2, 0.25) is 0 Å². The maximum atomic E-state index is 13.7. The van der Waals surface area contributed by atoms with Crippen LogP contribution in [0.4, 0.5) is 16.2 Å². The number of nitro groups is 1. The van der Waals surface area contributed by atoms with Crippen LogP contribution in [0.15, 0.2) is 78.9 Å². The van der Waals surface area contributed by atoms with Crippen molar-refractivity contribution >= 4 is 29.2 Å². The molecule has 0 bridgehead atoms. The van der Waals surface area contributed by atoms with E-state index in [1.54, 1.807) is 29.2 Å². The highest BCUT2D eigenvalue weighted by Crippen LogP contribution is 2.39. The summed E-state index contributed by atoms with van der Waals surface area (Å²) < 4.78 is 5.90. The van der Waals surface area contributed by atoms with Crippen LogP contribution < -0.4 is 15.0 Å². The zero-order valence-corrected chi connectivity index (χ0v) is 19.3. The molecule has 0 aromatic heterocycles. The van der Waals surface area contributed by atoms with Gasteiger partial charge in [-0.1, -0.05) is 42.5 Å². The quantitative estimate of drug-likeness (QED) is 0.335. The van der Waals surface area contributed by atoms with E-state index in [-0.39, 0.29) is 12.3 Å². The molecule has 0 aliphatic carbocycles. The van der Waals surface area contributed by atoms with Crippen molar-refractivity contribution in [2.75, 3.05) is 18.1 Å². The SMILES string of the molecule is CC1(c2ccc([N+](=O)[O-])cc2)NC(=O)N(CC(=O)N2c3ccccc3OCC2c2ccccc2)C1=O. The molecule has 1 fully saturated rings. The summed E-state index contributed by atoms with van der Waals surface area (Å²) in [5.74, 6) is -0.533. The molecule has 1 saturated heterocycles. The van der Waals surface area contributed by atoms with Crippen molar-refractivity contribution < 1.29 is 24.0 Å². The van der Waals surface area contributed by atoms with Gasteiger partial charge in [-0.25, -0.2) is 4.79 Å². The number of imide groups is 1. The Hall–Kier alpha value is -4.73. The van der Waals surface area contributed by atoms with Crippen molar-refractivity contribution in [3.63, 3.8) is 0 Å². The van der Waals surface area contributed by atoms with Gasteiger partial charge in [-0.2, -0.15) is 0 Å². The van der Waals surface area contributed by atoms with Gasteiger partial charge in [-0.05, 0) is 42.3 Å². The lowest BCUT2D eigenvalue weighted by Gasteiger charge is -2.37. The Kier molecular flexibility index (Phi) is 5.63. The third kappa shape index (κ3) is 3.82. The van der Waals surface area contributed by atoms with E-state index in [1.807, 2.05) is 30.3 Å². The van der Waals surface area contributed by atoms with E-state index < -0.39 is 40.9 Å². The lowest BCUT2D eigenvalue weighted by Crippen LogP contribution is -2.48. The van der Waals surface area contributed by atoms with Crippen molar-refractivity contribution in [2.24, 2.45) is 0 Å². The molecule has 10 heteroatoms. The number of hydrogen-bond acceptors (Lipinski definition) is 6. The summed E-state index contributed by atoms with van der Waals surface area (Å²) in [5, 5.41) is 13.6. The number of nitrogens with one attached hydrogen (secondary N) is 1. The van der Waals surface area contributed by atoms with Crippen molar-refractivity contribution in [3.05, 3.63) is 100 Å². The fraction of sp³-hybridized carbons (Fsp3) is 0.192. The number of rotatable bonds is 5. The number of carbonyl (C=O) groups is 3. The molecule has 2 atom stereocenters. The molecule has 5 rings (SSSR count). The number of urea groups is 1. The smallest absolute Gasteiger partial charge is 0.325 e. The van der Waals surface area contributed by atoms with Gasteiger partial charge in [0.05, 0.1) is 16.7 Å². The Morgan fingerprint density at radius 3 is 2.42 bits per heavy atom. The van der Waals surface area contributed by atoms with Gasteiger partial charge in [-0.15, -0.1) is 0 Å². The summed E-state index contributed by atoms with van der Waals surface area (Å²) in [6.45, 7) is 1.24. The number of nitro benzene ring substituents is 1. The number of nitrogens with zero attached hydrogens (tertiary/aromatic N) is 3. The number of fused-ring (bicyclic) bond motifs is 1. The van der Waals surface area contributed by atoms with Crippen LogP contribution in [-0.4, -0.2) is 40.8 Å². The van der Waals surface area contributed by atoms with Gasteiger partial charge >= 0.3 is 6.03 Å². The highest BCUT2D eigenvalue weighted by atomic mass is 16.6. The molecule has 1 N–H and O–H groups in total. The van der Waals surface area contributed by atoms with E-state index in [0.29, 0.717) is 17.0 Å². The summed E-state index contributed by atoms with van der Waals surface area (Å²) in [4.78, 5) is 52.8. The maximum absolute atomic E-state index is 13.7. The Morgan fingerprint density at radius 2 is 1.72 bits per heavy atom. The molecule has 0 radical (unpaired) electrons. The third-order valence-corrected chi connectivity index (χ3v) is 6.51. The Labute approximate surface area is 206 Å². The largest absolute Gasteiger partial charge is 0.489 e. The fourth-order valence-corrected chi connectivity index (χ4v) is 4.58. The first-order chi connectivity index (χ1) is 17.3. The average Bonchev–Trinajstić information content (AvgIpc) is 3.12. The summed E-state index contributed by atoms with van der Waals surface area (Å²) in [5.41, 5.74) is 0.180. The molecule has 2 unspecified atom stereocenters. The number of amides is 4. The van der Waals surface area contributed by atoms with Crippen LogP contribution in [0.5, 0.6) is 5.75 Å². The molecular formula is C26H22N4O6. The van der Waals surface area contributed by atoms with E-state index >= 15 is 0 Å². The highest BCUT2D eigenvalue weighted by molar-refractivity contribution is 6.11.